The van der Waals surface area contributed by atoms with E-state index in [1.54, 1.807) is 30.3 Å². The second-order valence-corrected chi connectivity index (χ2v) is 8.66. The summed E-state index contributed by atoms with van der Waals surface area (Å²) in [5, 5.41) is 0.426. The number of benzene rings is 2. The van der Waals surface area contributed by atoms with Crippen molar-refractivity contribution < 1.29 is 17.9 Å². The van der Waals surface area contributed by atoms with Crippen molar-refractivity contribution in [1.82, 2.24) is 0 Å². The molecule has 0 atom stereocenters. The second-order valence-electron chi connectivity index (χ2n) is 5.51. The first-order valence-corrected chi connectivity index (χ1v) is 10.1. The lowest BCUT2D eigenvalue weighted by atomic mass is 10.3. The lowest BCUT2D eigenvalue weighted by Crippen LogP contribution is -2.33. The van der Waals surface area contributed by atoms with E-state index in [1.165, 1.54) is 19.2 Å². The molecule has 0 amide bonds. The smallest absolute Gasteiger partial charge is 0.266 e. The van der Waals surface area contributed by atoms with Crippen LogP contribution in [-0.4, -0.2) is 28.4 Å². The van der Waals surface area contributed by atoms with Crippen LogP contribution in [-0.2, 0) is 14.8 Å². The van der Waals surface area contributed by atoms with E-state index in [2.05, 4.69) is 15.9 Å². The molecule has 0 aliphatic heterocycles. The van der Waals surface area contributed by atoms with Crippen LogP contribution in [0.4, 0.5) is 5.69 Å². The lowest BCUT2D eigenvalue weighted by Gasteiger charge is -2.25. The Bertz CT molecular complexity index is 825. The summed E-state index contributed by atoms with van der Waals surface area (Å²) in [6, 6.07) is 11.2. The van der Waals surface area contributed by atoms with Gasteiger partial charge in [0, 0.05) is 16.6 Å². The largest absolute Gasteiger partial charge is 0.491 e. The van der Waals surface area contributed by atoms with Crippen molar-refractivity contribution in [2.45, 2.75) is 24.8 Å². The lowest BCUT2D eigenvalue weighted by molar-refractivity contribution is 0.209. The molecular formula is C17H19BrClNO4S. The molecule has 0 spiro atoms. The monoisotopic (exact) mass is 447 g/mol. The number of halogens is 2. The first-order valence-electron chi connectivity index (χ1n) is 7.49. The molecule has 2 aromatic rings. The van der Waals surface area contributed by atoms with Crippen LogP contribution >= 0.6 is 27.5 Å². The average Bonchev–Trinajstić information content (AvgIpc) is 2.55. The number of nitrogens with zero attached hydrogens (tertiary/aromatic N) is 1. The molecule has 0 aromatic heterocycles. The average molecular weight is 449 g/mol. The molecule has 0 unspecified atom stereocenters. The van der Waals surface area contributed by atoms with E-state index in [0.717, 1.165) is 4.31 Å². The molecular weight excluding hydrogens is 430 g/mol. The zero-order valence-corrected chi connectivity index (χ0v) is 17.2. The van der Waals surface area contributed by atoms with Gasteiger partial charge in [0.1, 0.15) is 12.5 Å². The molecule has 5 nitrogen and oxygen atoms in total. The minimum Gasteiger partial charge on any atom is -0.491 e. The van der Waals surface area contributed by atoms with Gasteiger partial charge in [0.25, 0.3) is 10.0 Å². The van der Waals surface area contributed by atoms with Crippen LogP contribution in [0, 0.1) is 0 Å². The van der Waals surface area contributed by atoms with Gasteiger partial charge in [-0.25, -0.2) is 12.7 Å². The number of hydrogen-bond acceptors (Lipinski definition) is 4. The standard InChI is InChI=1S/C17H19BrClNO4S/c1-12(2)24-14-5-7-15(8-6-14)25(21,22)20(11-23-3)17-10-13(19)4-9-16(17)18/h4-10,12H,11H2,1-3H3. The van der Waals surface area contributed by atoms with Crippen molar-refractivity contribution >= 4 is 43.2 Å². The summed E-state index contributed by atoms with van der Waals surface area (Å²) < 4.78 is 38.5. The summed E-state index contributed by atoms with van der Waals surface area (Å²) in [7, 11) is -2.41. The first kappa shape index (κ1) is 20.0. The molecule has 0 saturated carbocycles. The number of methoxy groups -OCH3 is 1. The molecule has 2 rings (SSSR count). The third-order valence-electron chi connectivity index (χ3n) is 3.21. The fourth-order valence-corrected chi connectivity index (χ4v) is 4.29. The van der Waals surface area contributed by atoms with Crippen molar-refractivity contribution in [1.29, 1.82) is 0 Å². The number of rotatable bonds is 7. The maximum absolute atomic E-state index is 13.1. The molecule has 136 valence electrons. The van der Waals surface area contributed by atoms with Gasteiger partial charge >= 0.3 is 0 Å². The normalized spacial score (nSPS) is 11.6. The molecule has 0 fully saturated rings. The predicted octanol–water partition coefficient (Wildman–Crippen LogP) is 4.69. The van der Waals surface area contributed by atoms with Crippen LogP contribution < -0.4 is 9.04 Å². The van der Waals surface area contributed by atoms with Gasteiger partial charge in [0.05, 0.1) is 16.7 Å². The molecule has 0 heterocycles. The Kier molecular flexibility index (Phi) is 6.73. The summed E-state index contributed by atoms with van der Waals surface area (Å²) in [5.74, 6) is 0.608. The molecule has 0 aliphatic rings. The molecule has 0 radical (unpaired) electrons. The number of hydrogen-bond donors (Lipinski definition) is 0. The van der Waals surface area contributed by atoms with Gasteiger partial charge in [-0.2, -0.15) is 0 Å². The summed E-state index contributed by atoms with van der Waals surface area (Å²) in [4.78, 5) is 0.132. The third kappa shape index (κ3) is 4.88. The zero-order valence-electron chi connectivity index (χ0n) is 14.1. The fourth-order valence-electron chi connectivity index (χ4n) is 2.15. The minimum atomic E-state index is -3.84. The van der Waals surface area contributed by atoms with Crippen LogP contribution in [0.3, 0.4) is 0 Å². The van der Waals surface area contributed by atoms with E-state index in [-0.39, 0.29) is 17.7 Å². The van der Waals surface area contributed by atoms with Crippen LogP contribution in [0.1, 0.15) is 13.8 Å². The molecule has 0 aliphatic carbocycles. The number of ether oxygens (including phenoxy) is 2. The summed E-state index contributed by atoms with van der Waals surface area (Å²) in [6.45, 7) is 3.66. The first-order chi connectivity index (χ1) is 11.8. The Balaban J connectivity index is 2.44. The van der Waals surface area contributed by atoms with Crippen molar-refractivity contribution in [2.24, 2.45) is 0 Å². The second kappa shape index (κ2) is 8.40. The van der Waals surface area contributed by atoms with Gasteiger partial charge in [0.2, 0.25) is 0 Å². The quantitative estimate of drug-likeness (QED) is 0.577. The maximum atomic E-state index is 13.1. The summed E-state index contributed by atoms with van der Waals surface area (Å²) in [5.41, 5.74) is 0.400. The molecule has 25 heavy (non-hydrogen) atoms. The molecule has 0 saturated heterocycles. The highest BCUT2D eigenvalue weighted by Crippen LogP contribution is 2.33. The highest BCUT2D eigenvalue weighted by Gasteiger charge is 2.26. The van der Waals surface area contributed by atoms with Crippen molar-refractivity contribution in [2.75, 3.05) is 18.1 Å². The SMILES string of the molecule is COCN(c1cc(Cl)ccc1Br)S(=O)(=O)c1ccc(OC(C)C)cc1. The van der Waals surface area contributed by atoms with Crippen molar-refractivity contribution in [3.63, 3.8) is 0 Å². The van der Waals surface area contributed by atoms with Gasteiger partial charge in [-0.3, -0.25) is 0 Å². The topological polar surface area (TPSA) is 55.8 Å². The van der Waals surface area contributed by atoms with Gasteiger partial charge in [0.15, 0.2) is 0 Å². The number of anilines is 1. The van der Waals surface area contributed by atoms with E-state index in [9.17, 15) is 8.42 Å². The number of sulfonamides is 1. The Morgan fingerprint density at radius 2 is 1.80 bits per heavy atom. The highest BCUT2D eigenvalue weighted by atomic mass is 79.9. The van der Waals surface area contributed by atoms with Gasteiger partial charge in [-0.15, -0.1) is 0 Å². The van der Waals surface area contributed by atoms with Crippen molar-refractivity contribution in [3.05, 3.63) is 52.0 Å². The Hall–Kier alpha value is -1.28. The Labute approximate surface area is 161 Å². The van der Waals surface area contributed by atoms with Gasteiger partial charge < -0.3 is 9.47 Å². The van der Waals surface area contributed by atoms with Crippen LogP contribution in [0.25, 0.3) is 0 Å². The Morgan fingerprint density at radius 1 is 1.16 bits per heavy atom. The minimum absolute atomic E-state index is 0.00913. The predicted molar refractivity (Wildman–Crippen MR) is 103 cm³/mol. The summed E-state index contributed by atoms with van der Waals surface area (Å²) in [6.07, 6.45) is 0.00913. The molecule has 0 N–H and O–H groups in total. The molecule has 8 heteroatoms. The Morgan fingerprint density at radius 3 is 2.36 bits per heavy atom. The van der Waals surface area contributed by atoms with E-state index in [4.69, 9.17) is 21.1 Å². The fraction of sp³-hybridized carbons (Fsp3) is 0.294. The highest BCUT2D eigenvalue weighted by molar-refractivity contribution is 9.10. The van der Waals surface area contributed by atoms with E-state index in [1.807, 2.05) is 13.8 Å². The van der Waals surface area contributed by atoms with E-state index < -0.39 is 10.0 Å². The zero-order chi connectivity index (χ0) is 18.6. The summed E-state index contributed by atoms with van der Waals surface area (Å²) >= 11 is 9.39. The van der Waals surface area contributed by atoms with Crippen LogP contribution in [0.15, 0.2) is 51.8 Å². The third-order valence-corrected chi connectivity index (χ3v) is 5.86. The maximum Gasteiger partial charge on any atom is 0.266 e. The van der Waals surface area contributed by atoms with Gasteiger partial charge in [-0.05, 0) is 72.2 Å². The van der Waals surface area contributed by atoms with Crippen molar-refractivity contribution in [3.8, 4) is 5.75 Å². The molecule has 0 bridgehead atoms. The van der Waals surface area contributed by atoms with Crippen LogP contribution in [0.2, 0.25) is 5.02 Å². The van der Waals surface area contributed by atoms with Gasteiger partial charge in [-0.1, -0.05) is 11.6 Å². The van der Waals surface area contributed by atoms with E-state index in [0.29, 0.717) is 20.9 Å². The molecule has 2 aromatic carbocycles. The van der Waals surface area contributed by atoms with Crippen LogP contribution in [0.5, 0.6) is 5.75 Å². The van der Waals surface area contributed by atoms with E-state index >= 15 is 0 Å².